The molecule has 0 aliphatic carbocycles. The van der Waals surface area contributed by atoms with Crippen LogP contribution in [-0.4, -0.2) is 13.4 Å². The van der Waals surface area contributed by atoms with Crippen LogP contribution in [0.2, 0.25) is 0 Å². The molecule has 1 N–H and O–H groups in total. The number of rotatable bonds is 3. The lowest BCUT2D eigenvalue weighted by molar-refractivity contribution is 0.830. The van der Waals surface area contributed by atoms with Crippen LogP contribution in [0.15, 0.2) is 16.8 Å². The molecule has 0 rings (SSSR count). The zero-order chi connectivity index (χ0) is 6.41. The predicted octanol–water partition coefficient (Wildman–Crippen LogP) is 1.16. The molecule has 0 unspecified atom stereocenters. The van der Waals surface area contributed by atoms with E-state index in [0.717, 1.165) is 5.70 Å². The van der Waals surface area contributed by atoms with Gasteiger partial charge in [0.25, 0.3) is 0 Å². The van der Waals surface area contributed by atoms with Gasteiger partial charge in [-0.25, -0.2) is 0 Å². The van der Waals surface area contributed by atoms with Crippen molar-refractivity contribution in [1.82, 2.24) is 5.32 Å². The van der Waals surface area contributed by atoms with Crippen LogP contribution in [0.5, 0.6) is 0 Å². The summed E-state index contributed by atoms with van der Waals surface area (Å²) < 4.78 is 0. The van der Waals surface area contributed by atoms with Gasteiger partial charge in [-0.2, -0.15) is 0 Å². The van der Waals surface area contributed by atoms with Crippen molar-refractivity contribution in [3.8, 4) is 0 Å². The number of nitrogens with zero attached hydrogens (tertiary/aromatic N) is 1. The fourth-order valence-corrected chi connectivity index (χ4v) is 0.283. The van der Waals surface area contributed by atoms with Crippen LogP contribution in [0.4, 0.5) is 0 Å². The molecule has 0 spiro atoms. The van der Waals surface area contributed by atoms with Gasteiger partial charge >= 0.3 is 0 Å². The maximum atomic E-state index is 3.62. The van der Waals surface area contributed by atoms with Gasteiger partial charge < -0.3 is 5.32 Å². The number of hydrogen-bond acceptors (Lipinski definition) is 2. The summed E-state index contributed by atoms with van der Waals surface area (Å²) in [5, 5.41) is 3.01. The number of hydrogen-bond donors (Lipinski definition) is 1. The molecule has 2 nitrogen and oxygen atoms in total. The summed E-state index contributed by atoms with van der Waals surface area (Å²) in [6.45, 7) is 7.90. The minimum Gasteiger partial charge on any atom is -0.370 e. The fourth-order valence-electron chi connectivity index (χ4n) is 0.283. The van der Waals surface area contributed by atoms with Gasteiger partial charge in [0.05, 0.1) is 0 Å². The Bertz CT molecular complexity index is 94.7. The van der Waals surface area contributed by atoms with Crippen LogP contribution < -0.4 is 5.32 Å². The van der Waals surface area contributed by atoms with Gasteiger partial charge in [0.1, 0.15) is 6.67 Å². The second-order valence-corrected chi connectivity index (χ2v) is 1.53. The number of aliphatic imine (C=N–C) groups is 1. The van der Waals surface area contributed by atoms with E-state index >= 15 is 0 Å². The highest BCUT2D eigenvalue weighted by atomic mass is 15.0. The minimum atomic E-state index is 0.607. The Morgan fingerprint density at radius 3 is 2.88 bits per heavy atom. The molecule has 0 heterocycles. The van der Waals surface area contributed by atoms with E-state index in [2.05, 4.69) is 17.0 Å². The summed E-state index contributed by atoms with van der Waals surface area (Å²) in [6, 6.07) is 0. The maximum Gasteiger partial charge on any atom is 0.106 e. The lowest BCUT2D eigenvalue weighted by Gasteiger charge is -1.98. The zero-order valence-electron chi connectivity index (χ0n) is 5.44. The molecule has 0 saturated carbocycles. The lowest BCUT2D eigenvalue weighted by atomic mass is 10.5. The second-order valence-electron chi connectivity index (χ2n) is 1.53. The highest BCUT2D eigenvalue weighted by Gasteiger charge is 1.77. The average Bonchev–Trinajstić information content (AvgIpc) is 1.83. The van der Waals surface area contributed by atoms with Crippen molar-refractivity contribution in [3.05, 3.63) is 11.8 Å². The first kappa shape index (κ1) is 7.21. The van der Waals surface area contributed by atoms with E-state index in [-0.39, 0.29) is 0 Å². The Labute approximate surface area is 50.3 Å². The first-order valence-corrected chi connectivity index (χ1v) is 2.60. The molecule has 0 fully saturated rings. The molecule has 0 radical (unpaired) electrons. The summed E-state index contributed by atoms with van der Waals surface area (Å²) in [6.07, 6.45) is 1.99. The van der Waals surface area contributed by atoms with Crippen molar-refractivity contribution >= 4 is 6.72 Å². The summed E-state index contributed by atoms with van der Waals surface area (Å²) in [7, 11) is 0. The molecule has 8 heavy (non-hydrogen) atoms. The van der Waals surface area contributed by atoms with Gasteiger partial charge in [-0.15, -0.1) is 0 Å². The van der Waals surface area contributed by atoms with Crippen molar-refractivity contribution in [1.29, 1.82) is 0 Å². The summed E-state index contributed by atoms with van der Waals surface area (Å²) >= 11 is 0. The molecule has 0 atom stereocenters. The largest absolute Gasteiger partial charge is 0.370 e. The normalized spacial score (nSPS) is 11.0. The monoisotopic (exact) mass is 112 g/mol. The van der Waals surface area contributed by atoms with Crippen molar-refractivity contribution in [2.24, 2.45) is 4.99 Å². The van der Waals surface area contributed by atoms with E-state index in [1.165, 1.54) is 0 Å². The maximum absolute atomic E-state index is 3.62. The fraction of sp³-hybridized carbons (Fsp3) is 0.500. The zero-order valence-corrected chi connectivity index (χ0v) is 5.44. The van der Waals surface area contributed by atoms with E-state index in [9.17, 15) is 0 Å². The predicted molar refractivity (Wildman–Crippen MR) is 37.0 cm³/mol. The van der Waals surface area contributed by atoms with Crippen molar-refractivity contribution in [2.45, 2.75) is 13.8 Å². The minimum absolute atomic E-state index is 0.607. The smallest absolute Gasteiger partial charge is 0.106 e. The Kier molecular flexibility index (Phi) is 3.94. The van der Waals surface area contributed by atoms with Crippen LogP contribution in [0, 0.1) is 0 Å². The molecule has 0 aromatic carbocycles. The third kappa shape index (κ3) is 3.40. The van der Waals surface area contributed by atoms with Gasteiger partial charge in [0.2, 0.25) is 0 Å². The van der Waals surface area contributed by atoms with Crippen LogP contribution in [0.25, 0.3) is 0 Å². The molecule has 0 aromatic heterocycles. The van der Waals surface area contributed by atoms with Crippen LogP contribution in [0.3, 0.4) is 0 Å². The SMILES string of the molecule is C=NCN/C(C)=C\C. The van der Waals surface area contributed by atoms with Crippen molar-refractivity contribution < 1.29 is 0 Å². The Morgan fingerprint density at radius 2 is 2.50 bits per heavy atom. The molecule has 0 amide bonds. The van der Waals surface area contributed by atoms with Crippen LogP contribution in [-0.2, 0) is 0 Å². The van der Waals surface area contributed by atoms with E-state index in [4.69, 9.17) is 0 Å². The summed E-state index contributed by atoms with van der Waals surface area (Å²) in [5.41, 5.74) is 1.14. The van der Waals surface area contributed by atoms with Gasteiger partial charge in [0.15, 0.2) is 0 Å². The number of nitrogens with one attached hydrogen (secondary N) is 1. The van der Waals surface area contributed by atoms with Crippen molar-refractivity contribution in [3.63, 3.8) is 0 Å². The molecule has 0 aliphatic rings. The molecular weight excluding hydrogens is 100 g/mol. The molecule has 0 aliphatic heterocycles. The molecule has 46 valence electrons. The quantitative estimate of drug-likeness (QED) is 0.544. The van der Waals surface area contributed by atoms with E-state index in [1.54, 1.807) is 0 Å². The third-order valence-corrected chi connectivity index (χ3v) is 0.903. The van der Waals surface area contributed by atoms with Crippen molar-refractivity contribution in [2.75, 3.05) is 6.67 Å². The van der Waals surface area contributed by atoms with Gasteiger partial charge in [-0.05, 0) is 20.6 Å². The Morgan fingerprint density at radius 1 is 1.88 bits per heavy atom. The molecular formula is C6H12N2. The summed E-state index contributed by atoms with van der Waals surface area (Å²) in [4.78, 5) is 3.62. The topological polar surface area (TPSA) is 24.4 Å². The Hall–Kier alpha value is -0.790. The van der Waals surface area contributed by atoms with E-state index in [1.807, 2.05) is 19.9 Å². The average molecular weight is 112 g/mol. The Balaban J connectivity index is 3.24. The third-order valence-electron chi connectivity index (χ3n) is 0.903. The van der Waals surface area contributed by atoms with E-state index < -0.39 is 0 Å². The molecule has 0 bridgehead atoms. The second kappa shape index (κ2) is 4.37. The standard InChI is InChI=1S/C6H12N2/c1-4-6(2)8-5-7-3/h4,8H,3,5H2,1-2H3/b6-4-. The molecule has 0 saturated heterocycles. The molecule has 2 heteroatoms. The highest BCUT2D eigenvalue weighted by molar-refractivity contribution is 5.23. The first-order chi connectivity index (χ1) is 3.81. The van der Waals surface area contributed by atoms with Gasteiger partial charge in [-0.1, -0.05) is 6.08 Å². The van der Waals surface area contributed by atoms with E-state index in [0.29, 0.717) is 6.67 Å². The van der Waals surface area contributed by atoms with Gasteiger partial charge in [0, 0.05) is 5.70 Å². The molecule has 0 aromatic rings. The lowest BCUT2D eigenvalue weighted by Crippen LogP contribution is -2.09. The first-order valence-electron chi connectivity index (χ1n) is 2.60. The van der Waals surface area contributed by atoms with Crippen LogP contribution in [0.1, 0.15) is 13.8 Å². The number of allylic oxidation sites excluding steroid dienone is 2. The summed E-state index contributed by atoms with van der Waals surface area (Å²) in [5.74, 6) is 0. The van der Waals surface area contributed by atoms with Gasteiger partial charge in [-0.3, -0.25) is 4.99 Å². The highest BCUT2D eigenvalue weighted by Crippen LogP contribution is 1.81. The van der Waals surface area contributed by atoms with Crippen LogP contribution >= 0.6 is 0 Å².